The average Bonchev–Trinajstić information content (AvgIpc) is 2.75. The molecule has 0 amide bonds. The number of carbonyl (C=O) groups is 1. The van der Waals surface area contributed by atoms with E-state index in [2.05, 4.69) is 16.1 Å². The van der Waals surface area contributed by atoms with E-state index in [0.717, 1.165) is 13.0 Å². The summed E-state index contributed by atoms with van der Waals surface area (Å²) in [4.78, 5) is 11.1. The fourth-order valence-corrected chi connectivity index (χ4v) is 1.82. The molecule has 1 atom stereocenters. The molecule has 0 saturated heterocycles. The van der Waals surface area contributed by atoms with Crippen LogP contribution in [0.4, 0.5) is 0 Å². The Morgan fingerprint density at radius 3 is 3.07 bits per heavy atom. The number of methoxy groups -OCH3 is 1. The molecule has 0 fully saturated rings. The van der Waals surface area contributed by atoms with E-state index in [1.54, 1.807) is 5.57 Å². The summed E-state index contributed by atoms with van der Waals surface area (Å²) in [6.07, 6.45) is 7.27. The van der Waals surface area contributed by atoms with E-state index in [-0.39, 0.29) is 11.9 Å². The van der Waals surface area contributed by atoms with Crippen molar-refractivity contribution < 1.29 is 9.53 Å². The van der Waals surface area contributed by atoms with Gasteiger partial charge in [0.25, 0.3) is 0 Å². The normalized spacial score (nSPS) is 17.3. The monoisotopic (exact) mass is 211 g/mol. The molecule has 86 valence electrons. The molecule has 3 heteroatoms. The molecule has 0 saturated carbocycles. The summed E-state index contributed by atoms with van der Waals surface area (Å²) >= 11 is 0. The van der Waals surface area contributed by atoms with E-state index < -0.39 is 0 Å². The van der Waals surface area contributed by atoms with Crippen LogP contribution in [0.1, 0.15) is 32.6 Å². The van der Waals surface area contributed by atoms with Crippen LogP contribution in [0.3, 0.4) is 0 Å². The quantitative estimate of drug-likeness (QED) is 0.414. The van der Waals surface area contributed by atoms with Crippen molar-refractivity contribution in [3.8, 4) is 0 Å². The molecular formula is C12H21NO2. The molecule has 0 heterocycles. The highest BCUT2D eigenvalue weighted by atomic mass is 16.5. The Morgan fingerprint density at radius 1 is 1.67 bits per heavy atom. The summed E-state index contributed by atoms with van der Waals surface area (Å²) in [7, 11) is 1.43. The maximum absolute atomic E-state index is 11.1. The minimum atomic E-state index is -0.136. The molecule has 15 heavy (non-hydrogen) atoms. The molecule has 0 bridgehead atoms. The minimum absolute atomic E-state index is 0.0486. The van der Waals surface area contributed by atoms with Crippen molar-refractivity contribution in [1.82, 2.24) is 5.32 Å². The summed E-state index contributed by atoms with van der Waals surface area (Å²) in [6, 6.07) is 0. The molecule has 1 aliphatic carbocycles. The van der Waals surface area contributed by atoms with Crippen LogP contribution >= 0.6 is 0 Å². The highest BCUT2D eigenvalue weighted by molar-refractivity contribution is 5.71. The first-order chi connectivity index (χ1) is 7.24. The standard InChI is InChI=1S/C12H21NO2/c1-10(12(14)15-2)9-13-8-7-11-5-3-4-6-11/h5,10,13H,3-4,6-9H2,1-2H3. The number of allylic oxidation sites excluding steroid dienone is 1. The molecule has 1 unspecified atom stereocenters. The lowest BCUT2D eigenvalue weighted by Gasteiger charge is -2.10. The zero-order valence-corrected chi connectivity index (χ0v) is 9.71. The molecule has 0 aromatic carbocycles. The van der Waals surface area contributed by atoms with E-state index in [1.807, 2.05) is 6.92 Å². The Hall–Kier alpha value is -0.830. The SMILES string of the molecule is COC(=O)C(C)CNCCC1=CCCC1. The molecule has 0 radical (unpaired) electrons. The second kappa shape index (κ2) is 6.62. The highest BCUT2D eigenvalue weighted by Crippen LogP contribution is 2.19. The smallest absolute Gasteiger partial charge is 0.309 e. The fourth-order valence-electron chi connectivity index (χ4n) is 1.82. The molecular weight excluding hydrogens is 190 g/mol. The molecule has 1 N–H and O–H groups in total. The Kier molecular flexibility index (Phi) is 5.40. The van der Waals surface area contributed by atoms with Crippen molar-refractivity contribution in [2.75, 3.05) is 20.2 Å². The predicted molar refractivity (Wildman–Crippen MR) is 60.6 cm³/mol. The molecule has 0 aromatic rings. The summed E-state index contributed by atoms with van der Waals surface area (Å²) < 4.78 is 4.65. The Balaban J connectivity index is 2.03. The van der Waals surface area contributed by atoms with Gasteiger partial charge in [-0.2, -0.15) is 0 Å². The number of hydrogen-bond acceptors (Lipinski definition) is 3. The molecule has 0 spiro atoms. The summed E-state index contributed by atoms with van der Waals surface area (Å²) in [6.45, 7) is 3.56. The highest BCUT2D eigenvalue weighted by Gasteiger charge is 2.12. The molecule has 1 aliphatic rings. The number of nitrogens with one attached hydrogen (secondary N) is 1. The predicted octanol–water partition coefficient (Wildman–Crippen LogP) is 1.89. The topological polar surface area (TPSA) is 38.3 Å². The van der Waals surface area contributed by atoms with Crippen LogP contribution in [0.5, 0.6) is 0 Å². The van der Waals surface area contributed by atoms with Gasteiger partial charge in [0.15, 0.2) is 0 Å². The first-order valence-electron chi connectivity index (χ1n) is 5.70. The van der Waals surface area contributed by atoms with Crippen molar-refractivity contribution in [2.45, 2.75) is 32.6 Å². The number of hydrogen-bond donors (Lipinski definition) is 1. The van der Waals surface area contributed by atoms with Crippen molar-refractivity contribution in [3.63, 3.8) is 0 Å². The van der Waals surface area contributed by atoms with Crippen molar-refractivity contribution in [2.24, 2.45) is 5.92 Å². The molecule has 1 rings (SSSR count). The third-order valence-corrected chi connectivity index (χ3v) is 2.81. The average molecular weight is 211 g/mol. The summed E-state index contributed by atoms with van der Waals surface area (Å²) in [5.74, 6) is -0.185. The number of rotatable bonds is 6. The van der Waals surface area contributed by atoms with Gasteiger partial charge in [-0.25, -0.2) is 0 Å². The van der Waals surface area contributed by atoms with Crippen molar-refractivity contribution in [3.05, 3.63) is 11.6 Å². The molecule has 0 aliphatic heterocycles. The zero-order chi connectivity index (χ0) is 11.1. The number of esters is 1. The molecule has 0 aromatic heterocycles. The van der Waals surface area contributed by atoms with Crippen LogP contribution in [0, 0.1) is 5.92 Å². The maximum Gasteiger partial charge on any atom is 0.309 e. The van der Waals surface area contributed by atoms with E-state index in [9.17, 15) is 4.79 Å². The van der Waals surface area contributed by atoms with Crippen molar-refractivity contribution >= 4 is 5.97 Å². The lowest BCUT2D eigenvalue weighted by molar-refractivity contribution is -0.144. The lowest BCUT2D eigenvalue weighted by atomic mass is 10.1. The van der Waals surface area contributed by atoms with Gasteiger partial charge in [-0.3, -0.25) is 4.79 Å². The lowest BCUT2D eigenvalue weighted by Crippen LogP contribution is -2.28. The van der Waals surface area contributed by atoms with Crippen LogP contribution in [0.25, 0.3) is 0 Å². The van der Waals surface area contributed by atoms with E-state index in [0.29, 0.717) is 6.54 Å². The summed E-state index contributed by atoms with van der Waals surface area (Å²) in [5, 5.41) is 3.29. The van der Waals surface area contributed by atoms with Crippen LogP contribution in [-0.2, 0) is 9.53 Å². The Bertz CT molecular complexity index is 236. The van der Waals surface area contributed by atoms with Gasteiger partial charge in [-0.05, 0) is 32.2 Å². The molecule has 3 nitrogen and oxygen atoms in total. The third kappa shape index (κ3) is 4.47. The van der Waals surface area contributed by atoms with Gasteiger partial charge < -0.3 is 10.1 Å². The van der Waals surface area contributed by atoms with Gasteiger partial charge in [0.2, 0.25) is 0 Å². The van der Waals surface area contributed by atoms with Crippen LogP contribution in [0.15, 0.2) is 11.6 Å². The van der Waals surface area contributed by atoms with Gasteiger partial charge in [-0.15, -0.1) is 0 Å². The Labute approximate surface area is 91.9 Å². The van der Waals surface area contributed by atoms with Crippen molar-refractivity contribution in [1.29, 1.82) is 0 Å². The van der Waals surface area contributed by atoms with Gasteiger partial charge in [0, 0.05) is 6.54 Å². The van der Waals surface area contributed by atoms with Crippen LogP contribution in [-0.4, -0.2) is 26.2 Å². The largest absolute Gasteiger partial charge is 0.469 e. The number of ether oxygens (including phenoxy) is 1. The zero-order valence-electron chi connectivity index (χ0n) is 9.71. The first-order valence-corrected chi connectivity index (χ1v) is 5.70. The maximum atomic E-state index is 11.1. The van der Waals surface area contributed by atoms with E-state index in [1.165, 1.54) is 26.4 Å². The second-order valence-corrected chi connectivity index (χ2v) is 4.13. The minimum Gasteiger partial charge on any atom is -0.469 e. The van der Waals surface area contributed by atoms with Gasteiger partial charge >= 0.3 is 5.97 Å². The van der Waals surface area contributed by atoms with Crippen LogP contribution in [0.2, 0.25) is 0 Å². The first kappa shape index (κ1) is 12.2. The number of carbonyl (C=O) groups excluding carboxylic acids is 1. The van der Waals surface area contributed by atoms with Gasteiger partial charge in [-0.1, -0.05) is 18.6 Å². The van der Waals surface area contributed by atoms with E-state index >= 15 is 0 Å². The van der Waals surface area contributed by atoms with E-state index in [4.69, 9.17) is 0 Å². The van der Waals surface area contributed by atoms with Crippen LogP contribution < -0.4 is 5.32 Å². The Morgan fingerprint density at radius 2 is 2.47 bits per heavy atom. The second-order valence-electron chi connectivity index (χ2n) is 4.13. The van der Waals surface area contributed by atoms with Gasteiger partial charge in [0.05, 0.1) is 13.0 Å². The third-order valence-electron chi connectivity index (χ3n) is 2.81. The van der Waals surface area contributed by atoms with Gasteiger partial charge in [0.1, 0.15) is 0 Å². The fraction of sp³-hybridized carbons (Fsp3) is 0.750. The summed E-state index contributed by atoms with van der Waals surface area (Å²) in [5.41, 5.74) is 1.56.